The SMILES string of the molecule is CC1=C[C@H]2C[C@H]1[C@@H]1C(=O)N(c3cccc(C(=O)OCC(=O)Nc4cc(C(F)(F)F)ccc4Cl)c3)C(=O)[C@H]12. The lowest BCUT2D eigenvalue weighted by molar-refractivity contribution is -0.137. The van der Waals surface area contributed by atoms with Crippen LogP contribution in [0.5, 0.6) is 0 Å². The summed E-state index contributed by atoms with van der Waals surface area (Å²) in [6.45, 7) is 1.17. The summed E-state index contributed by atoms with van der Waals surface area (Å²) in [5.74, 6) is -3.12. The highest BCUT2D eigenvalue weighted by Crippen LogP contribution is 2.55. The molecule has 2 aliphatic carbocycles. The van der Waals surface area contributed by atoms with Crippen molar-refractivity contribution in [2.75, 3.05) is 16.8 Å². The Labute approximate surface area is 214 Å². The molecule has 7 nitrogen and oxygen atoms in total. The molecule has 0 unspecified atom stereocenters. The van der Waals surface area contributed by atoms with Crippen LogP contribution in [-0.4, -0.2) is 30.3 Å². The quantitative estimate of drug-likeness (QED) is 0.337. The van der Waals surface area contributed by atoms with Crippen molar-refractivity contribution >= 4 is 46.7 Å². The fraction of sp³-hybridized carbons (Fsp3) is 0.308. The summed E-state index contributed by atoms with van der Waals surface area (Å²) >= 11 is 5.86. The van der Waals surface area contributed by atoms with Gasteiger partial charge in [0.1, 0.15) is 0 Å². The number of hydrogen-bond donors (Lipinski definition) is 1. The van der Waals surface area contributed by atoms with Crippen LogP contribution in [0.2, 0.25) is 5.02 Å². The van der Waals surface area contributed by atoms with Crippen molar-refractivity contribution in [3.63, 3.8) is 0 Å². The number of halogens is 4. The van der Waals surface area contributed by atoms with E-state index >= 15 is 0 Å². The highest BCUT2D eigenvalue weighted by molar-refractivity contribution is 6.33. The number of esters is 1. The lowest BCUT2D eigenvalue weighted by Gasteiger charge is -2.19. The molecule has 1 saturated heterocycles. The van der Waals surface area contributed by atoms with Gasteiger partial charge in [-0.15, -0.1) is 0 Å². The fourth-order valence-corrected chi connectivity index (χ4v) is 5.66. The minimum atomic E-state index is -4.63. The van der Waals surface area contributed by atoms with Crippen molar-refractivity contribution in [3.8, 4) is 0 Å². The molecule has 192 valence electrons. The van der Waals surface area contributed by atoms with Crippen LogP contribution in [0.15, 0.2) is 54.1 Å². The molecule has 11 heteroatoms. The van der Waals surface area contributed by atoms with E-state index in [0.717, 1.165) is 29.0 Å². The third-order valence-corrected chi connectivity index (χ3v) is 7.45. The molecule has 0 spiro atoms. The molecule has 2 fully saturated rings. The first-order valence-electron chi connectivity index (χ1n) is 11.5. The Morgan fingerprint density at radius 3 is 2.57 bits per heavy atom. The van der Waals surface area contributed by atoms with Gasteiger partial charge >= 0.3 is 12.1 Å². The minimum Gasteiger partial charge on any atom is -0.452 e. The van der Waals surface area contributed by atoms with Crippen molar-refractivity contribution < 1.29 is 37.1 Å². The average molecular weight is 533 g/mol. The summed E-state index contributed by atoms with van der Waals surface area (Å²) in [5.41, 5.74) is 0.0645. The molecule has 2 bridgehead atoms. The van der Waals surface area contributed by atoms with E-state index in [-0.39, 0.29) is 45.6 Å². The van der Waals surface area contributed by atoms with E-state index in [2.05, 4.69) is 11.4 Å². The molecule has 2 aromatic carbocycles. The van der Waals surface area contributed by atoms with Gasteiger partial charge in [0.25, 0.3) is 5.91 Å². The Kier molecular flexibility index (Phi) is 6.10. The zero-order chi connectivity index (χ0) is 26.6. The summed E-state index contributed by atoms with van der Waals surface area (Å²) in [4.78, 5) is 52.1. The Morgan fingerprint density at radius 1 is 1.11 bits per heavy atom. The lowest BCUT2D eigenvalue weighted by atomic mass is 9.82. The molecule has 3 aliphatic rings. The molecule has 2 aromatic rings. The number of carbonyl (C=O) groups excluding carboxylic acids is 4. The van der Waals surface area contributed by atoms with Crippen molar-refractivity contribution in [1.29, 1.82) is 0 Å². The molecular weight excluding hydrogens is 513 g/mol. The molecule has 1 aliphatic heterocycles. The van der Waals surface area contributed by atoms with Gasteiger partial charge < -0.3 is 10.1 Å². The van der Waals surface area contributed by atoms with Gasteiger partial charge in [0.2, 0.25) is 11.8 Å². The lowest BCUT2D eigenvalue weighted by Crippen LogP contribution is -2.33. The number of amides is 3. The van der Waals surface area contributed by atoms with Gasteiger partial charge in [0.15, 0.2) is 6.61 Å². The van der Waals surface area contributed by atoms with Gasteiger partial charge in [-0.3, -0.25) is 14.4 Å². The number of alkyl halides is 3. The van der Waals surface area contributed by atoms with E-state index in [9.17, 15) is 32.3 Å². The predicted octanol–water partition coefficient (Wildman–Crippen LogP) is 4.86. The zero-order valence-corrected chi connectivity index (χ0v) is 20.1. The van der Waals surface area contributed by atoms with E-state index < -0.39 is 42.1 Å². The highest BCUT2D eigenvalue weighted by atomic mass is 35.5. The number of ether oxygens (including phenoxy) is 1. The summed E-state index contributed by atoms with van der Waals surface area (Å²) < 4.78 is 43.8. The molecule has 1 heterocycles. The van der Waals surface area contributed by atoms with Gasteiger partial charge in [-0.25, -0.2) is 9.69 Å². The topological polar surface area (TPSA) is 92.8 Å². The number of nitrogens with one attached hydrogen (secondary N) is 1. The van der Waals surface area contributed by atoms with Gasteiger partial charge in [-0.1, -0.05) is 29.3 Å². The Morgan fingerprint density at radius 2 is 1.84 bits per heavy atom. The number of allylic oxidation sites excluding steroid dienone is 2. The second-order valence-corrected chi connectivity index (χ2v) is 9.75. The minimum absolute atomic E-state index is 0.00246. The fourth-order valence-electron chi connectivity index (χ4n) is 5.50. The van der Waals surface area contributed by atoms with Crippen LogP contribution in [0.1, 0.15) is 29.3 Å². The number of nitrogens with zero attached hydrogens (tertiary/aromatic N) is 1. The molecule has 0 radical (unpaired) electrons. The van der Waals surface area contributed by atoms with Crippen molar-refractivity contribution in [3.05, 3.63) is 70.3 Å². The summed E-state index contributed by atoms with van der Waals surface area (Å²) in [6.07, 6.45) is -1.77. The first kappa shape index (κ1) is 25.0. The van der Waals surface area contributed by atoms with Gasteiger partial charge in [-0.05, 0) is 61.6 Å². The number of imide groups is 1. The van der Waals surface area contributed by atoms with Crippen LogP contribution in [0.3, 0.4) is 0 Å². The van der Waals surface area contributed by atoms with Crippen LogP contribution in [-0.2, 0) is 25.3 Å². The summed E-state index contributed by atoms with van der Waals surface area (Å²) in [7, 11) is 0. The molecule has 1 saturated carbocycles. The molecule has 3 amide bonds. The maximum absolute atomic E-state index is 13.1. The van der Waals surface area contributed by atoms with Gasteiger partial charge in [0.05, 0.1) is 39.4 Å². The molecule has 1 N–H and O–H groups in total. The van der Waals surface area contributed by atoms with Crippen LogP contribution in [0.4, 0.5) is 24.5 Å². The molecule has 37 heavy (non-hydrogen) atoms. The number of benzene rings is 2. The second kappa shape index (κ2) is 9.02. The average Bonchev–Trinajstić information content (AvgIpc) is 3.48. The zero-order valence-electron chi connectivity index (χ0n) is 19.3. The predicted molar refractivity (Wildman–Crippen MR) is 127 cm³/mol. The van der Waals surface area contributed by atoms with Crippen LogP contribution >= 0.6 is 11.6 Å². The summed E-state index contributed by atoms with van der Waals surface area (Å²) in [5, 5.41) is 2.07. The molecule has 4 atom stereocenters. The molecule has 0 aromatic heterocycles. The largest absolute Gasteiger partial charge is 0.452 e. The van der Waals surface area contributed by atoms with Crippen LogP contribution < -0.4 is 10.2 Å². The Bertz CT molecular complexity index is 1370. The van der Waals surface area contributed by atoms with Crippen molar-refractivity contribution in [1.82, 2.24) is 0 Å². The normalized spacial score (nSPS) is 24.2. The Hall–Kier alpha value is -3.66. The number of rotatable bonds is 5. The summed E-state index contributed by atoms with van der Waals surface area (Å²) in [6, 6.07) is 8.21. The second-order valence-electron chi connectivity index (χ2n) is 9.35. The number of hydrogen-bond acceptors (Lipinski definition) is 5. The third-order valence-electron chi connectivity index (χ3n) is 7.12. The highest BCUT2D eigenvalue weighted by Gasteiger charge is 2.60. The molecular formula is C26H20ClF3N2O5. The van der Waals surface area contributed by atoms with E-state index in [0.29, 0.717) is 6.07 Å². The Balaban J connectivity index is 1.25. The maximum atomic E-state index is 13.1. The van der Waals surface area contributed by atoms with E-state index in [1.54, 1.807) is 0 Å². The monoisotopic (exact) mass is 532 g/mol. The third kappa shape index (κ3) is 4.39. The van der Waals surface area contributed by atoms with Crippen molar-refractivity contribution in [2.24, 2.45) is 23.7 Å². The standard InChI is InChI=1S/C26H20ClF3N2O5/c1-12-7-14-9-17(12)22-21(14)23(34)32(24(22)35)16-4-2-3-13(8-16)25(36)37-11-20(33)31-19-10-15(26(28,29)30)5-6-18(19)27/h2-8,10,14,17,21-22H,9,11H2,1H3,(H,31,33)/t14-,17+,21-,22-/m0/s1. The number of carbonyl (C=O) groups is 4. The van der Waals surface area contributed by atoms with Crippen LogP contribution in [0, 0.1) is 23.7 Å². The number of anilines is 2. The smallest absolute Gasteiger partial charge is 0.416 e. The van der Waals surface area contributed by atoms with E-state index in [1.165, 1.54) is 24.3 Å². The number of fused-ring (bicyclic) bond motifs is 5. The van der Waals surface area contributed by atoms with E-state index in [4.69, 9.17) is 16.3 Å². The van der Waals surface area contributed by atoms with E-state index in [1.807, 2.05) is 6.92 Å². The van der Waals surface area contributed by atoms with Gasteiger partial charge in [-0.2, -0.15) is 13.2 Å². The first-order chi connectivity index (χ1) is 17.5. The van der Waals surface area contributed by atoms with Gasteiger partial charge in [0, 0.05) is 0 Å². The van der Waals surface area contributed by atoms with Crippen LogP contribution in [0.25, 0.3) is 0 Å². The first-order valence-corrected chi connectivity index (χ1v) is 11.8. The van der Waals surface area contributed by atoms with Crippen molar-refractivity contribution in [2.45, 2.75) is 19.5 Å². The maximum Gasteiger partial charge on any atom is 0.416 e. The molecule has 5 rings (SSSR count).